The Labute approximate surface area is 106 Å². The van der Waals surface area contributed by atoms with E-state index in [-0.39, 0.29) is 19.3 Å². The molecule has 0 aromatic heterocycles. The fourth-order valence-corrected chi connectivity index (χ4v) is 1.93. The van der Waals surface area contributed by atoms with Crippen molar-refractivity contribution in [2.75, 3.05) is 26.6 Å². The number of aliphatic hydroxyl groups is 2. The summed E-state index contributed by atoms with van der Waals surface area (Å²) in [5, 5.41) is 21.1. The van der Waals surface area contributed by atoms with Gasteiger partial charge >= 0.3 is 0 Å². The molecule has 1 aliphatic rings. The van der Waals surface area contributed by atoms with Crippen molar-refractivity contribution in [2.24, 2.45) is 0 Å². The lowest BCUT2D eigenvalue weighted by Crippen LogP contribution is -2.34. The smallest absolute Gasteiger partial charge is 0.231 e. The Hall–Kier alpha value is -1.30. The third kappa shape index (κ3) is 3.35. The highest BCUT2D eigenvalue weighted by Crippen LogP contribution is 2.32. The fraction of sp³-hybridized carbons (Fsp3) is 0.538. The highest BCUT2D eigenvalue weighted by molar-refractivity contribution is 5.44. The molecule has 0 saturated carbocycles. The predicted molar refractivity (Wildman–Crippen MR) is 66.8 cm³/mol. The van der Waals surface area contributed by atoms with Crippen LogP contribution < -0.4 is 14.8 Å². The maximum absolute atomic E-state index is 9.07. The summed E-state index contributed by atoms with van der Waals surface area (Å²) in [6.07, 6.45) is 1.41. The summed E-state index contributed by atoms with van der Waals surface area (Å²) in [6, 6.07) is 5.86. The van der Waals surface area contributed by atoms with Crippen LogP contribution in [0.5, 0.6) is 11.5 Å². The van der Waals surface area contributed by atoms with E-state index in [1.165, 1.54) is 0 Å². The summed E-state index contributed by atoms with van der Waals surface area (Å²) in [4.78, 5) is 0. The summed E-state index contributed by atoms with van der Waals surface area (Å²) >= 11 is 0. The van der Waals surface area contributed by atoms with Crippen LogP contribution in [0.15, 0.2) is 18.2 Å². The van der Waals surface area contributed by atoms with Gasteiger partial charge in [0.15, 0.2) is 11.5 Å². The Morgan fingerprint density at radius 2 is 2.06 bits per heavy atom. The van der Waals surface area contributed by atoms with Gasteiger partial charge in [0.25, 0.3) is 0 Å². The minimum atomic E-state index is -0.0380. The lowest BCUT2D eigenvalue weighted by atomic mass is 10.1. The molecule has 0 spiro atoms. The SMILES string of the molecule is OCCC(CO)NCCc1ccc2c(c1)OCO2. The maximum Gasteiger partial charge on any atom is 0.231 e. The van der Waals surface area contributed by atoms with Crippen LogP contribution in [0.25, 0.3) is 0 Å². The second-order valence-corrected chi connectivity index (χ2v) is 4.28. The zero-order valence-corrected chi connectivity index (χ0v) is 10.3. The van der Waals surface area contributed by atoms with E-state index in [0.29, 0.717) is 13.2 Å². The molecule has 1 aromatic rings. The normalized spacial score (nSPS) is 14.8. The molecule has 1 unspecified atom stereocenters. The van der Waals surface area contributed by atoms with Gasteiger partial charge in [-0.2, -0.15) is 0 Å². The molecule has 0 radical (unpaired) electrons. The zero-order valence-electron chi connectivity index (χ0n) is 10.3. The van der Waals surface area contributed by atoms with E-state index in [4.69, 9.17) is 19.7 Å². The third-order valence-electron chi connectivity index (χ3n) is 2.98. The molecule has 0 aliphatic carbocycles. The Bertz CT molecular complexity index is 383. The number of aliphatic hydroxyl groups excluding tert-OH is 2. The van der Waals surface area contributed by atoms with E-state index in [2.05, 4.69) is 5.32 Å². The molecule has 1 aliphatic heterocycles. The molecule has 0 bridgehead atoms. The molecule has 0 fully saturated rings. The van der Waals surface area contributed by atoms with E-state index in [1.807, 2.05) is 18.2 Å². The van der Waals surface area contributed by atoms with Gasteiger partial charge in [0, 0.05) is 12.6 Å². The molecule has 0 saturated heterocycles. The molecule has 2 rings (SSSR count). The number of nitrogens with one attached hydrogen (secondary N) is 1. The Balaban J connectivity index is 1.79. The highest BCUT2D eigenvalue weighted by atomic mass is 16.7. The Morgan fingerprint density at radius 1 is 1.22 bits per heavy atom. The van der Waals surface area contributed by atoms with Gasteiger partial charge in [-0.25, -0.2) is 0 Å². The molecular formula is C13H19NO4. The fourth-order valence-electron chi connectivity index (χ4n) is 1.93. The topological polar surface area (TPSA) is 71.0 Å². The summed E-state index contributed by atoms with van der Waals surface area (Å²) in [6.45, 7) is 1.18. The van der Waals surface area contributed by atoms with Gasteiger partial charge in [-0.15, -0.1) is 0 Å². The van der Waals surface area contributed by atoms with Crippen molar-refractivity contribution in [3.05, 3.63) is 23.8 Å². The van der Waals surface area contributed by atoms with Crippen LogP contribution in [0, 0.1) is 0 Å². The maximum atomic E-state index is 9.07. The highest BCUT2D eigenvalue weighted by Gasteiger charge is 2.13. The Morgan fingerprint density at radius 3 is 2.83 bits per heavy atom. The quantitative estimate of drug-likeness (QED) is 0.651. The first-order valence-corrected chi connectivity index (χ1v) is 6.17. The van der Waals surface area contributed by atoms with E-state index >= 15 is 0 Å². The van der Waals surface area contributed by atoms with Crippen LogP contribution in [0.2, 0.25) is 0 Å². The molecule has 5 heteroatoms. The van der Waals surface area contributed by atoms with Crippen LogP contribution in [0.3, 0.4) is 0 Å². The number of hydrogen-bond acceptors (Lipinski definition) is 5. The largest absolute Gasteiger partial charge is 0.454 e. The first-order valence-electron chi connectivity index (χ1n) is 6.17. The number of benzene rings is 1. The van der Waals surface area contributed by atoms with Crippen molar-refractivity contribution in [3.63, 3.8) is 0 Å². The molecule has 100 valence electrons. The van der Waals surface area contributed by atoms with E-state index in [9.17, 15) is 0 Å². The minimum absolute atomic E-state index is 0.0380. The van der Waals surface area contributed by atoms with E-state index in [0.717, 1.165) is 30.0 Å². The zero-order chi connectivity index (χ0) is 12.8. The van der Waals surface area contributed by atoms with Crippen molar-refractivity contribution < 1.29 is 19.7 Å². The van der Waals surface area contributed by atoms with E-state index < -0.39 is 0 Å². The average Bonchev–Trinajstić information content (AvgIpc) is 2.85. The monoisotopic (exact) mass is 253 g/mol. The second kappa shape index (κ2) is 6.58. The number of rotatable bonds is 7. The summed E-state index contributed by atoms with van der Waals surface area (Å²) in [7, 11) is 0. The summed E-state index contributed by atoms with van der Waals surface area (Å²) in [5.41, 5.74) is 1.16. The molecule has 1 heterocycles. The van der Waals surface area contributed by atoms with Crippen LogP contribution in [0.4, 0.5) is 0 Å². The summed E-state index contributed by atoms with van der Waals surface area (Å²) in [5.74, 6) is 1.58. The molecule has 5 nitrogen and oxygen atoms in total. The lowest BCUT2D eigenvalue weighted by Gasteiger charge is -2.14. The van der Waals surface area contributed by atoms with Crippen LogP contribution in [0.1, 0.15) is 12.0 Å². The standard InChI is InChI=1S/C13H19NO4/c15-6-4-11(8-16)14-5-3-10-1-2-12-13(7-10)18-9-17-12/h1-2,7,11,14-16H,3-6,8-9H2. The van der Waals surface area contributed by atoms with Gasteiger partial charge in [0.1, 0.15) is 0 Å². The molecule has 18 heavy (non-hydrogen) atoms. The van der Waals surface area contributed by atoms with Crippen molar-refractivity contribution in [1.82, 2.24) is 5.32 Å². The number of hydrogen-bond donors (Lipinski definition) is 3. The van der Waals surface area contributed by atoms with Gasteiger partial charge in [0.2, 0.25) is 6.79 Å². The van der Waals surface area contributed by atoms with Crippen molar-refractivity contribution >= 4 is 0 Å². The molecular weight excluding hydrogens is 234 g/mol. The Kier molecular flexibility index (Phi) is 4.81. The first-order chi connectivity index (χ1) is 8.83. The second-order valence-electron chi connectivity index (χ2n) is 4.28. The van der Waals surface area contributed by atoms with Gasteiger partial charge < -0.3 is 25.0 Å². The molecule has 0 amide bonds. The average molecular weight is 253 g/mol. The van der Waals surface area contributed by atoms with Crippen LogP contribution in [-0.2, 0) is 6.42 Å². The van der Waals surface area contributed by atoms with Crippen LogP contribution >= 0.6 is 0 Å². The lowest BCUT2D eigenvalue weighted by molar-refractivity contribution is 0.174. The predicted octanol–water partition coefficient (Wildman–Crippen LogP) is 0.291. The van der Waals surface area contributed by atoms with Gasteiger partial charge in [0.05, 0.1) is 6.61 Å². The van der Waals surface area contributed by atoms with Crippen molar-refractivity contribution in [3.8, 4) is 11.5 Å². The van der Waals surface area contributed by atoms with Gasteiger partial charge in [-0.3, -0.25) is 0 Å². The number of fused-ring (bicyclic) bond motifs is 1. The van der Waals surface area contributed by atoms with E-state index in [1.54, 1.807) is 0 Å². The first kappa shape index (κ1) is 13.1. The number of ether oxygens (including phenoxy) is 2. The van der Waals surface area contributed by atoms with Crippen LogP contribution in [-0.4, -0.2) is 42.8 Å². The summed E-state index contributed by atoms with van der Waals surface area (Å²) < 4.78 is 10.6. The minimum Gasteiger partial charge on any atom is -0.454 e. The van der Waals surface area contributed by atoms with Gasteiger partial charge in [-0.1, -0.05) is 6.07 Å². The molecule has 1 atom stereocenters. The van der Waals surface area contributed by atoms with Gasteiger partial charge in [-0.05, 0) is 37.1 Å². The third-order valence-corrected chi connectivity index (χ3v) is 2.98. The van der Waals surface area contributed by atoms with Crippen molar-refractivity contribution in [2.45, 2.75) is 18.9 Å². The molecule has 3 N–H and O–H groups in total. The molecule has 1 aromatic carbocycles. The van der Waals surface area contributed by atoms with Crippen molar-refractivity contribution in [1.29, 1.82) is 0 Å².